The molecule has 0 aromatic heterocycles. The number of sulfone groups is 1. The molecule has 138 valence electrons. The molecule has 1 atom stereocenters. The minimum Gasteiger partial charge on any atom is -0.496 e. The summed E-state index contributed by atoms with van der Waals surface area (Å²) in [5, 5.41) is 5.84. The minimum atomic E-state index is -3.03. The monoisotopic (exact) mass is 388 g/mol. The van der Waals surface area contributed by atoms with Crippen LogP contribution in [-0.4, -0.2) is 51.4 Å². The highest BCUT2D eigenvalue weighted by Gasteiger charge is 2.28. The van der Waals surface area contributed by atoms with E-state index >= 15 is 0 Å². The third-order valence-corrected chi connectivity index (χ3v) is 5.87. The molecule has 0 saturated carbocycles. The number of ether oxygens (including phenoxy) is 1. The Morgan fingerprint density at radius 3 is 2.72 bits per heavy atom. The molecule has 0 bridgehead atoms. The number of nitrogens with one attached hydrogen (secondary N) is 2. The van der Waals surface area contributed by atoms with Crippen molar-refractivity contribution in [2.75, 3.05) is 25.2 Å². The second-order valence-corrected chi connectivity index (χ2v) is 8.57. The van der Waals surface area contributed by atoms with Gasteiger partial charge in [0.25, 0.3) is 0 Å². The zero-order valence-electron chi connectivity index (χ0n) is 13.9. The molecule has 2 rings (SSSR count). The first-order valence-corrected chi connectivity index (χ1v) is 10.1. The molecule has 9 heteroatoms. The summed E-state index contributed by atoms with van der Waals surface area (Å²) in [5.74, 6) is 0.134. The number of carbonyl (C=O) groups excluding carboxylic acids is 2. The lowest BCUT2D eigenvalue weighted by atomic mass is 10.1. The predicted octanol–water partition coefficient (Wildman–Crippen LogP) is 0.701. The van der Waals surface area contributed by atoms with E-state index in [0.29, 0.717) is 22.8 Å². The molecule has 1 aromatic carbocycles. The molecule has 2 amide bonds. The van der Waals surface area contributed by atoms with Crippen LogP contribution in [0, 0.1) is 0 Å². The zero-order valence-corrected chi connectivity index (χ0v) is 15.5. The van der Waals surface area contributed by atoms with Gasteiger partial charge < -0.3 is 15.4 Å². The molecule has 1 saturated heterocycles. The summed E-state index contributed by atoms with van der Waals surface area (Å²) >= 11 is 5.92. The minimum absolute atomic E-state index is 0.0142. The molecule has 1 aliphatic heterocycles. The van der Waals surface area contributed by atoms with E-state index in [1.54, 1.807) is 18.2 Å². The molecule has 0 radical (unpaired) electrons. The second kappa shape index (κ2) is 8.53. The topological polar surface area (TPSA) is 102 Å². The molecule has 1 unspecified atom stereocenters. The number of rotatable bonds is 7. The van der Waals surface area contributed by atoms with Gasteiger partial charge in [-0.1, -0.05) is 11.6 Å². The lowest BCUT2D eigenvalue weighted by molar-refractivity contribution is -0.122. The summed E-state index contributed by atoms with van der Waals surface area (Å²) in [5.41, 5.74) is 0.660. The Labute approximate surface area is 152 Å². The van der Waals surface area contributed by atoms with E-state index in [4.69, 9.17) is 16.3 Å². The summed E-state index contributed by atoms with van der Waals surface area (Å²) in [7, 11) is -1.51. The third kappa shape index (κ3) is 6.21. The first-order valence-electron chi connectivity index (χ1n) is 7.88. The van der Waals surface area contributed by atoms with Gasteiger partial charge in [0.1, 0.15) is 5.75 Å². The number of carbonyl (C=O) groups is 2. The highest BCUT2D eigenvalue weighted by atomic mass is 35.5. The maximum atomic E-state index is 12.0. The van der Waals surface area contributed by atoms with E-state index in [2.05, 4.69) is 10.6 Å². The molecule has 1 heterocycles. The lowest BCUT2D eigenvalue weighted by Gasteiger charge is -2.12. The van der Waals surface area contributed by atoms with Crippen molar-refractivity contribution in [3.63, 3.8) is 0 Å². The van der Waals surface area contributed by atoms with Crippen LogP contribution in [-0.2, 0) is 25.8 Å². The molecule has 7 nitrogen and oxygen atoms in total. The van der Waals surface area contributed by atoms with E-state index in [0.717, 1.165) is 0 Å². The summed E-state index contributed by atoms with van der Waals surface area (Å²) in [6.07, 6.45) is 0.621. The average Bonchev–Trinajstić information content (AvgIpc) is 2.86. The van der Waals surface area contributed by atoms with Crippen LogP contribution in [0.3, 0.4) is 0 Å². The maximum Gasteiger partial charge on any atom is 0.224 e. The van der Waals surface area contributed by atoms with Gasteiger partial charge in [-0.15, -0.1) is 0 Å². The Morgan fingerprint density at radius 1 is 1.32 bits per heavy atom. The van der Waals surface area contributed by atoms with E-state index in [1.807, 2.05) is 0 Å². The van der Waals surface area contributed by atoms with Gasteiger partial charge in [-0.2, -0.15) is 0 Å². The first kappa shape index (κ1) is 19.5. The van der Waals surface area contributed by atoms with Crippen molar-refractivity contribution in [3.05, 3.63) is 28.8 Å². The fraction of sp³-hybridized carbons (Fsp3) is 0.500. The van der Waals surface area contributed by atoms with Crippen LogP contribution in [0.15, 0.2) is 18.2 Å². The first-order chi connectivity index (χ1) is 11.8. The van der Waals surface area contributed by atoms with E-state index in [1.165, 1.54) is 7.11 Å². The summed E-state index contributed by atoms with van der Waals surface area (Å²) < 4.78 is 27.9. The van der Waals surface area contributed by atoms with Crippen LogP contribution < -0.4 is 15.4 Å². The SMILES string of the molecule is COc1ccc(Cl)cc1CC(=O)NCCC(=O)NC1CCS(=O)(=O)C1. The van der Waals surface area contributed by atoms with Gasteiger partial charge in [-0.05, 0) is 24.6 Å². The Morgan fingerprint density at radius 2 is 2.08 bits per heavy atom. The fourth-order valence-corrected chi connectivity index (χ4v) is 4.51. The standard InChI is InChI=1S/C16H21ClN2O5S/c1-24-14-3-2-12(17)8-11(14)9-16(21)18-6-4-15(20)19-13-5-7-25(22,23)10-13/h2-3,8,13H,4-7,9-10H2,1H3,(H,18,21)(H,19,20). The second-order valence-electron chi connectivity index (χ2n) is 5.90. The van der Waals surface area contributed by atoms with Crippen LogP contribution in [0.1, 0.15) is 18.4 Å². The Balaban J connectivity index is 1.73. The van der Waals surface area contributed by atoms with Crippen molar-refractivity contribution >= 4 is 33.3 Å². The largest absolute Gasteiger partial charge is 0.496 e. The quantitative estimate of drug-likeness (QED) is 0.716. The molecule has 1 aromatic rings. The van der Waals surface area contributed by atoms with Crippen molar-refractivity contribution in [2.24, 2.45) is 0 Å². The maximum absolute atomic E-state index is 12.0. The molecular formula is C16H21ClN2O5S. The molecule has 2 N–H and O–H groups in total. The van der Waals surface area contributed by atoms with Crippen molar-refractivity contribution in [1.82, 2.24) is 10.6 Å². The van der Waals surface area contributed by atoms with Crippen molar-refractivity contribution in [2.45, 2.75) is 25.3 Å². The zero-order chi connectivity index (χ0) is 18.4. The normalized spacial score (nSPS) is 18.6. The molecule has 0 aliphatic carbocycles. The van der Waals surface area contributed by atoms with Crippen molar-refractivity contribution in [3.8, 4) is 5.75 Å². The Hall–Kier alpha value is -1.80. The highest BCUT2D eigenvalue weighted by molar-refractivity contribution is 7.91. The van der Waals surface area contributed by atoms with Gasteiger partial charge >= 0.3 is 0 Å². The number of benzene rings is 1. The summed E-state index contributed by atoms with van der Waals surface area (Å²) in [4.78, 5) is 23.8. The van der Waals surface area contributed by atoms with Crippen molar-refractivity contribution in [1.29, 1.82) is 0 Å². The number of halogens is 1. The Bertz CT molecular complexity index is 751. The van der Waals surface area contributed by atoms with Gasteiger partial charge in [0, 0.05) is 29.6 Å². The van der Waals surface area contributed by atoms with Gasteiger partial charge in [0.15, 0.2) is 9.84 Å². The van der Waals surface area contributed by atoms with Crippen LogP contribution in [0.4, 0.5) is 0 Å². The van der Waals surface area contributed by atoms with Crippen LogP contribution in [0.5, 0.6) is 5.75 Å². The van der Waals surface area contributed by atoms with E-state index in [-0.39, 0.29) is 48.7 Å². The van der Waals surface area contributed by atoms with Gasteiger partial charge in [0.2, 0.25) is 11.8 Å². The Kier molecular flexibility index (Phi) is 6.66. The summed E-state index contributed by atoms with van der Waals surface area (Å²) in [6.45, 7) is 0.174. The van der Waals surface area contributed by atoms with E-state index in [9.17, 15) is 18.0 Å². The smallest absolute Gasteiger partial charge is 0.224 e. The highest BCUT2D eigenvalue weighted by Crippen LogP contribution is 2.22. The van der Waals surface area contributed by atoms with Crippen LogP contribution in [0.25, 0.3) is 0 Å². The van der Waals surface area contributed by atoms with E-state index < -0.39 is 9.84 Å². The number of methoxy groups -OCH3 is 1. The predicted molar refractivity (Wildman–Crippen MR) is 94.5 cm³/mol. The van der Waals surface area contributed by atoms with Crippen molar-refractivity contribution < 1.29 is 22.7 Å². The van der Waals surface area contributed by atoms with Crippen LogP contribution >= 0.6 is 11.6 Å². The summed E-state index contributed by atoms with van der Waals surface area (Å²) in [6, 6.07) is 4.69. The molecule has 0 spiro atoms. The lowest BCUT2D eigenvalue weighted by Crippen LogP contribution is -2.38. The number of hydrogen-bond acceptors (Lipinski definition) is 5. The molecular weight excluding hydrogens is 368 g/mol. The van der Waals surface area contributed by atoms with Gasteiger partial charge in [0.05, 0.1) is 25.0 Å². The van der Waals surface area contributed by atoms with Gasteiger partial charge in [-0.3, -0.25) is 9.59 Å². The van der Waals surface area contributed by atoms with Gasteiger partial charge in [-0.25, -0.2) is 8.42 Å². The fourth-order valence-electron chi connectivity index (χ4n) is 2.64. The number of amides is 2. The third-order valence-electron chi connectivity index (χ3n) is 3.87. The molecule has 1 fully saturated rings. The number of hydrogen-bond donors (Lipinski definition) is 2. The van der Waals surface area contributed by atoms with Crippen LogP contribution in [0.2, 0.25) is 5.02 Å². The molecule has 25 heavy (non-hydrogen) atoms. The molecule has 1 aliphatic rings. The average molecular weight is 389 g/mol.